The topological polar surface area (TPSA) is 49.9 Å². The highest BCUT2D eigenvalue weighted by atomic mass is 19.1. The van der Waals surface area contributed by atoms with E-state index < -0.39 is 11.9 Å². The Morgan fingerprint density at radius 2 is 1.75 bits per heavy atom. The smallest absolute Gasteiger partial charge is 0.251 e. The second kappa shape index (κ2) is 5.30. The number of amides is 2. The van der Waals surface area contributed by atoms with Gasteiger partial charge in [0.25, 0.3) is 5.91 Å². The molecule has 0 saturated carbocycles. The maximum atomic E-state index is 12.9. The van der Waals surface area contributed by atoms with Gasteiger partial charge in [0.1, 0.15) is 5.82 Å². The normalized spacial score (nSPS) is 24.4. The summed E-state index contributed by atoms with van der Waals surface area (Å²) in [7, 11) is 0. The van der Waals surface area contributed by atoms with E-state index in [1.54, 1.807) is 0 Å². The van der Waals surface area contributed by atoms with Gasteiger partial charge in [0.2, 0.25) is 5.91 Å². The number of benzene rings is 1. The van der Waals surface area contributed by atoms with E-state index >= 15 is 0 Å². The van der Waals surface area contributed by atoms with Gasteiger partial charge >= 0.3 is 0 Å². The van der Waals surface area contributed by atoms with Crippen LogP contribution in [0.15, 0.2) is 24.3 Å². The lowest BCUT2D eigenvalue weighted by molar-refractivity contribution is -0.123. The highest BCUT2D eigenvalue weighted by Gasteiger charge is 2.42. The summed E-state index contributed by atoms with van der Waals surface area (Å²) < 4.78 is 18.2. The van der Waals surface area contributed by atoms with Gasteiger partial charge in [0.15, 0.2) is 0 Å². The van der Waals surface area contributed by atoms with Crippen LogP contribution in [0.25, 0.3) is 0 Å². The second-order valence-corrected chi connectivity index (χ2v) is 4.91. The molecule has 0 N–H and O–H groups in total. The maximum Gasteiger partial charge on any atom is 0.251 e. The van der Waals surface area contributed by atoms with Crippen LogP contribution >= 0.6 is 0 Å². The third kappa shape index (κ3) is 2.32. The SMILES string of the molecule is O=C1C[C@@H](N2CCOCC2)C(=O)N1c1ccc(F)cc1. The molecule has 0 bridgehead atoms. The number of imide groups is 1. The van der Waals surface area contributed by atoms with Crippen LogP contribution < -0.4 is 4.90 Å². The van der Waals surface area contributed by atoms with Gasteiger partial charge in [-0.25, -0.2) is 9.29 Å². The number of carbonyl (C=O) groups excluding carboxylic acids is 2. The average Bonchev–Trinajstić information content (AvgIpc) is 2.76. The van der Waals surface area contributed by atoms with E-state index in [9.17, 15) is 14.0 Å². The molecule has 0 aromatic heterocycles. The largest absolute Gasteiger partial charge is 0.379 e. The van der Waals surface area contributed by atoms with Crippen molar-refractivity contribution in [3.05, 3.63) is 30.1 Å². The van der Waals surface area contributed by atoms with Crippen molar-refractivity contribution in [2.24, 2.45) is 0 Å². The molecule has 2 aliphatic rings. The van der Waals surface area contributed by atoms with Crippen LogP contribution in [0.2, 0.25) is 0 Å². The number of rotatable bonds is 2. The third-order valence-corrected chi connectivity index (χ3v) is 3.69. The summed E-state index contributed by atoms with van der Waals surface area (Å²) in [6.07, 6.45) is 0.177. The van der Waals surface area contributed by atoms with E-state index in [-0.39, 0.29) is 18.2 Å². The summed E-state index contributed by atoms with van der Waals surface area (Å²) in [5.41, 5.74) is 0.428. The predicted molar refractivity (Wildman–Crippen MR) is 69.7 cm³/mol. The van der Waals surface area contributed by atoms with Crippen molar-refractivity contribution >= 4 is 17.5 Å². The molecule has 5 nitrogen and oxygen atoms in total. The van der Waals surface area contributed by atoms with Crippen molar-refractivity contribution in [1.82, 2.24) is 4.90 Å². The van der Waals surface area contributed by atoms with Gasteiger partial charge in [-0.15, -0.1) is 0 Å². The first-order valence-electron chi connectivity index (χ1n) is 6.61. The minimum absolute atomic E-state index is 0.177. The molecule has 2 saturated heterocycles. The van der Waals surface area contributed by atoms with Crippen molar-refractivity contribution in [1.29, 1.82) is 0 Å². The van der Waals surface area contributed by atoms with E-state index in [4.69, 9.17) is 4.74 Å². The number of carbonyl (C=O) groups is 2. The lowest BCUT2D eigenvalue weighted by Gasteiger charge is -2.30. The van der Waals surface area contributed by atoms with Gasteiger partial charge in [-0.2, -0.15) is 0 Å². The van der Waals surface area contributed by atoms with Crippen LogP contribution in [0.4, 0.5) is 10.1 Å². The van der Waals surface area contributed by atoms with Crippen molar-refractivity contribution in [3.63, 3.8) is 0 Å². The number of halogens is 1. The summed E-state index contributed by atoms with van der Waals surface area (Å²) in [5.74, 6) is -0.862. The van der Waals surface area contributed by atoms with E-state index in [0.29, 0.717) is 32.0 Å². The highest BCUT2D eigenvalue weighted by molar-refractivity contribution is 6.22. The van der Waals surface area contributed by atoms with Gasteiger partial charge in [0.05, 0.1) is 31.4 Å². The number of morpholine rings is 1. The highest BCUT2D eigenvalue weighted by Crippen LogP contribution is 2.26. The van der Waals surface area contributed by atoms with Gasteiger partial charge < -0.3 is 4.74 Å². The Bertz CT molecular complexity index is 526. The molecule has 2 amide bonds. The fourth-order valence-corrected chi connectivity index (χ4v) is 2.65. The van der Waals surface area contributed by atoms with Crippen LogP contribution in [-0.4, -0.2) is 49.1 Å². The van der Waals surface area contributed by atoms with Crippen LogP contribution in [0.5, 0.6) is 0 Å². The molecule has 2 fully saturated rings. The Hall–Kier alpha value is -1.79. The van der Waals surface area contributed by atoms with Crippen LogP contribution in [-0.2, 0) is 14.3 Å². The zero-order valence-corrected chi connectivity index (χ0v) is 10.9. The van der Waals surface area contributed by atoms with E-state index in [1.807, 2.05) is 4.90 Å². The Kier molecular flexibility index (Phi) is 3.50. The Labute approximate surface area is 115 Å². The summed E-state index contributed by atoms with van der Waals surface area (Å²) in [6.45, 7) is 2.46. The van der Waals surface area contributed by atoms with Crippen molar-refractivity contribution in [2.75, 3.05) is 31.2 Å². The van der Waals surface area contributed by atoms with Gasteiger partial charge in [0, 0.05) is 13.1 Å². The molecule has 20 heavy (non-hydrogen) atoms. The Morgan fingerprint density at radius 3 is 2.40 bits per heavy atom. The molecule has 1 atom stereocenters. The summed E-state index contributed by atoms with van der Waals surface area (Å²) in [6, 6.07) is 4.98. The van der Waals surface area contributed by atoms with Crippen molar-refractivity contribution < 1.29 is 18.7 Å². The minimum atomic E-state index is -0.420. The predicted octanol–water partition coefficient (Wildman–Crippen LogP) is 0.790. The summed E-state index contributed by atoms with van der Waals surface area (Å²) in [5, 5.41) is 0. The molecule has 0 unspecified atom stereocenters. The fraction of sp³-hybridized carbons (Fsp3) is 0.429. The number of hydrogen-bond donors (Lipinski definition) is 0. The monoisotopic (exact) mass is 278 g/mol. The zero-order chi connectivity index (χ0) is 14.1. The lowest BCUT2D eigenvalue weighted by Crippen LogP contribution is -2.47. The molecule has 0 aliphatic carbocycles. The van der Waals surface area contributed by atoms with E-state index in [2.05, 4.69) is 0 Å². The van der Waals surface area contributed by atoms with Gasteiger partial charge in [-0.3, -0.25) is 14.5 Å². The number of anilines is 1. The van der Waals surface area contributed by atoms with Gasteiger partial charge in [-0.1, -0.05) is 0 Å². The molecule has 0 radical (unpaired) electrons. The molecule has 2 aliphatic heterocycles. The van der Waals surface area contributed by atoms with Crippen LogP contribution in [0.3, 0.4) is 0 Å². The fourth-order valence-electron chi connectivity index (χ4n) is 2.65. The summed E-state index contributed by atoms with van der Waals surface area (Å²) >= 11 is 0. The first-order valence-corrected chi connectivity index (χ1v) is 6.61. The minimum Gasteiger partial charge on any atom is -0.379 e. The molecule has 6 heteroatoms. The average molecular weight is 278 g/mol. The summed E-state index contributed by atoms with van der Waals surface area (Å²) in [4.78, 5) is 27.6. The Balaban J connectivity index is 1.81. The molecule has 106 valence electrons. The number of ether oxygens (including phenoxy) is 1. The molecule has 0 spiro atoms. The van der Waals surface area contributed by atoms with Crippen molar-refractivity contribution in [3.8, 4) is 0 Å². The van der Waals surface area contributed by atoms with Gasteiger partial charge in [-0.05, 0) is 24.3 Å². The van der Waals surface area contributed by atoms with Crippen LogP contribution in [0.1, 0.15) is 6.42 Å². The zero-order valence-electron chi connectivity index (χ0n) is 10.9. The first kappa shape index (κ1) is 13.2. The second-order valence-electron chi connectivity index (χ2n) is 4.91. The van der Waals surface area contributed by atoms with Crippen molar-refractivity contribution in [2.45, 2.75) is 12.5 Å². The maximum absolute atomic E-state index is 12.9. The molecular formula is C14H15FN2O3. The lowest BCUT2D eigenvalue weighted by atomic mass is 10.2. The third-order valence-electron chi connectivity index (χ3n) is 3.69. The number of hydrogen-bond acceptors (Lipinski definition) is 4. The molecule has 2 heterocycles. The Morgan fingerprint density at radius 1 is 1.10 bits per heavy atom. The standard InChI is InChI=1S/C14H15FN2O3/c15-10-1-3-11(4-2-10)17-13(18)9-12(14(17)19)16-5-7-20-8-6-16/h1-4,12H,5-9H2/t12-/m1/s1. The van der Waals surface area contributed by atoms with Crippen LogP contribution in [0, 0.1) is 5.82 Å². The van der Waals surface area contributed by atoms with E-state index in [0.717, 1.165) is 4.90 Å². The molecular weight excluding hydrogens is 263 g/mol. The molecule has 1 aromatic carbocycles. The molecule has 1 aromatic rings. The number of nitrogens with zero attached hydrogens (tertiary/aromatic N) is 2. The first-order chi connectivity index (χ1) is 9.66. The molecule has 3 rings (SSSR count). The quantitative estimate of drug-likeness (QED) is 0.751. The van der Waals surface area contributed by atoms with E-state index in [1.165, 1.54) is 24.3 Å².